The first kappa shape index (κ1) is 11.9. The molecule has 0 heterocycles. The standard InChI is InChI=1S/C17H18S/c1-2-18-16-12-14-10-6-7-11-15(14)17(16)13-8-4-3-5-9-13/h3-11,16-17H,2,12H2,1H3. The average Bonchev–Trinajstić information content (AvgIpc) is 2.78. The van der Waals surface area contributed by atoms with Gasteiger partial charge in [0, 0.05) is 11.2 Å². The lowest BCUT2D eigenvalue weighted by molar-refractivity contribution is 0.808. The SMILES string of the molecule is CCSC1Cc2ccccc2C1c1ccccc1. The van der Waals surface area contributed by atoms with Crippen LogP contribution in [0.1, 0.15) is 29.5 Å². The quantitative estimate of drug-likeness (QED) is 0.777. The van der Waals surface area contributed by atoms with Gasteiger partial charge in [0.1, 0.15) is 0 Å². The molecule has 1 aliphatic carbocycles. The van der Waals surface area contributed by atoms with Crippen LogP contribution in [0.4, 0.5) is 0 Å². The largest absolute Gasteiger partial charge is 0.158 e. The highest BCUT2D eigenvalue weighted by Crippen LogP contribution is 2.43. The molecule has 1 heteroatoms. The molecule has 3 rings (SSSR count). The summed E-state index contributed by atoms with van der Waals surface area (Å²) in [6.45, 7) is 2.26. The zero-order valence-electron chi connectivity index (χ0n) is 10.7. The van der Waals surface area contributed by atoms with E-state index in [1.807, 2.05) is 0 Å². The third-order valence-corrected chi connectivity index (χ3v) is 4.92. The average molecular weight is 254 g/mol. The molecule has 0 fully saturated rings. The van der Waals surface area contributed by atoms with Crippen molar-refractivity contribution in [2.75, 3.05) is 5.75 Å². The van der Waals surface area contributed by atoms with Gasteiger partial charge in [-0.25, -0.2) is 0 Å². The Hall–Kier alpha value is -1.21. The number of fused-ring (bicyclic) bond motifs is 1. The van der Waals surface area contributed by atoms with Crippen molar-refractivity contribution in [2.45, 2.75) is 24.5 Å². The fourth-order valence-corrected chi connectivity index (χ4v) is 4.20. The van der Waals surface area contributed by atoms with Crippen molar-refractivity contribution in [3.63, 3.8) is 0 Å². The highest BCUT2D eigenvalue weighted by atomic mass is 32.2. The van der Waals surface area contributed by atoms with Crippen molar-refractivity contribution in [3.05, 3.63) is 71.3 Å². The number of thioether (sulfide) groups is 1. The predicted molar refractivity (Wildman–Crippen MR) is 80.4 cm³/mol. The molecule has 2 unspecified atom stereocenters. The number of hydrogen-bond acceptors (Lipinski definition) is 1. The molecule has 0 saturated heterocycles. The maximum atomic E-state index is 2.31. The minimum absolute atomic E-state index is 0.576. The van der Waals surface area contributed by atoms with Gasteiger partial charge in [0.05, 0.1) is 0 Å². The summed E-state index contributed by atoms with van der Waals surface area (Å²) in [6.07, 6.45) is 1.22. The molecule has 0 saturated carbocycles. The molecule has 2 aromatic rings. The van der Waals surface area contributed by atoms with Crippen LogP contribution in [0.3, 0.4) is 0 Å². The lowest BCUT2D eigenvalue weighted by Crippen LogP contribution is -2.11. The van der Waals surface area contributed by atoms with Crippen LogP contribution in [0, 0.1) is 0 Å². The van der Waals surface area contributed by atoms with Gasteiger partial charge in [0.2, 0.25) is 0 Å². The number of hydrogen-bond donors (Lipinski definition) is 0. The highest BCUT2D eigenvalue weighted by molar-refractivity contribution is 7.99. The molecular formula is C17H18S. The van der Waals surface area contributed by atoms with Gasteiger partial charge >= 0.3 is 0 Å². The predicted octanol–water partition coefficient (Wildman–Crippen LogP) is 4.50. The summed E-state index contributed by atoms with van der Waals surface area (Å²) < 4.78 is 0. The van der Waals surface area contributed by atoms with E-state index in [0.29, 0.717) is 11.2 Å². The fourth-order valence-electron chi connectivity index (χ4n) is 2.98. The van der Waals surface area contributed by atoms with Crippen LogP contribution in [-0.4, -0.2) is 11.0 Å². The molecule has 0 N–H and O–H groups in total. The number of benzene rings is 2. The summed E-state index contributed by atoms with van der Waals surface area (Å²) in [5.74, 6) is 1.77. The summed E-state index contributed by atoms with van der Waals surface area (Å²) >= 11 is 2.10. The van der Waals surface area contributed by atoms with E-state index in [4.69, 9.17) is 0 Å². The lowest BCUT2D eigenvalue weighted by atomic mass is 9.93. The van der Waals surface area contributed by atoms with Gasteiger partial charge in [-0.3, -0.25) is 0 Å². The molecule has 0 radical (unpaired) electrons. The van der Waals surface area contributed by atoms with E-state index in [1.54, 1.807) is 0 Å². The first-order valence-corrected chi connectivity index (χ1v) is 7.69. The van der Waals surface area contributed by atoms with Crippen molar-refractivity contribution in [3.8, 4) is 0 Å². The van der Waals surface area contributed by atoms with Crippen molar-refractivity contribution in [1.29, 1.82) is 0 Å². The summed E-state index contributed by atoms with van der Waals surface area (Å²) in [5, 5.41) is 0.704. The van der Waals surface area contributed by atoms with E-state index in [-0.39, 0.29) is 0 Å². The Balaban J connectivity index is 2.03. The maximum Gasteiger partial charge on any atom is 0.0214 e. The van der Waals surface area contributed by atoms with Gasteiger partial charge in [0.25, 0.3) is 0 Å². The maximum absolute atomic E-state index is 2.31. The van der Waals surface area contributed by atoms with E-state index >= 15 is 0 Å². The van der Waals surface area contributed by atoms with Crippen molar-refractivity contribution in [1.82, 2.24) is 0 Å². The van der Waals surface area contributed by atoms with Crippen LogP contribution in [0.2, 0.25) is 0 Å². The van der Waals surface area contributed by atoms with Gasteiger partial charge in [-0.1, -0.05) is 61.5 Å². The van der Waals surface area contributed by atoms with E-state index < -0.39 is 0 Å². The van der Waals surface area contributed by atoms with Crippen LogP contribution in [0.5, 0.6) is 0 Å². The van der Waals surface area contributed by atoms with Crippen LogP contribution in [0.25, 0.3) is 0 Å². The first-order chi connectivity index (χ1) is 8.90. The third kappa shape index (κ3) is 2.08. The molecule has 2 aromatic carbocycles. The second-order valence-electron chi connectivity index (χ2n) is 4.79. The minimum atomic E-state index is 0.576. The molecule has 0 nitrogen and oxygen atoms in total. The van der Waals surface area contributed by atoms with Crippen molar-refractivity contribution in [2.24, 2.45) is 0 Å². The van der Waals surface area contributed by atoms with Crippen LogP contribution in [0.15, 0.2) is 54.6 Å². The molecule has 92 valence electrons. The van der Waals surface area contributed by atoms with Gasteiger partial charge in [-0.05, 0) is 28.9 Å². The van der Waals surface area contributed by atoms with Gasteiger partial charge in [0.15, 0.2) is 0 Å². The molecule has 0 aromatic heterocycles. The van der Waals surface area contributed by atoms with E-state index in [0.717, 1.165) is 0 Å². The summed E-state index contributed by atoms with van der Waals surface area (Å²) in [4.78, 5) is 0. The summed E-state index contributed by atoms with van der Waals surface area (Å²) in [5.41, 5.74) is 4.54. The molecular weight excluding hydrogens is 236 g/mol. The molecule has 18 heavy (non-hydrogen) atoms. The van der Waals surface area contributed by atoms with Crippen LogP contribution < -0.4 is 0 Å². The third-order valence-electron chi connectivity index (χ3n) is 3.72. The molecule has 0 amide bonds. The Morgan fingerprint density at radius 1 is 1.00 bits per heavy atom. The van der Waals surface area contributed by atoms with Crippen molar-refractivity contribution < 1.29 is 0 Å². The Kier molecular flexibility index (Phi) is 3.42. The van der Waals surface area contributed by atoms with Crippen LogP contribution in [-0.2, 0) is 6.42 Å². The van der Waals surface area contributed by atoms with E-state index in [1.165, 1.54) is 28.9 Å². The topological polar surface area (TPSA) is 0 Å². The van der Waals surface area contributed by atoms with Gasteiger partial charge in [-0.15, -0.1) is 0 Å². The Labute approximate surface area is 113 Å². The smallest absolute Gasteiger partial charge is 0.0214 e. The van der Waals surface area contributed by atoms with Crippen LogP contribution >= 0.6 is 11.8 Å². The Morgan fingerprint density at radius 2 is 1.72 bits per heavy atom. The van der Waals surface area contributed by atoms with E-state index in [2.05, 4.69) is 73.3 Å². The normalized spacial score (nSPS) is 21.8. The first-order valence-electron chi connectivity index (χ1n) is 6.64. The second kappa shape index (κ2) is 5.19. The van der Waals surface area contributed by atoms with Gasteiger partial charge < -0.3 is 0 Å². The molecule has 0 spiro atoms. The monoisotopic (exact) mass is 254 g/mol. The second-order valence-corrected chi connectivity index (χ2v) is 6.30. The minimum Gasteiger partial charge on any atom is -0.158 e. The molecule has 1 aliphatic rings. The molecule has 2 atom stereocenters. The Bertz CT molecular complexity index is 518. The zero-order chi connectivity index (χ0) is 12.4. The lowest BCUT2D eigenvalue weighted by Gasteiger charge is -2.20. The van der Waals surface area contributed by atoms with Gasteiger partial charge in [-0.2, -0.15) is 11.8 Å². The van der Waals surface area contributed by atoms with E-state index in [9.17, 15) is 0 Å². The highest BCUT2D eigenvalue weighted by Gasteiger charge is 2.32. The summed E-state index contributed by atoms with van der Waals surface area (Å²) in [6, 6.07) is 19.9. The number of rotatable bonds is 3. The molecule has 0 bridgehead atoms. The molecule has 0 aliphatic heterocycles. The Morgan fingerprint density at radius 3 is 2.50 bits per heavy atom. The summed E-state index contributed by atoms with van der Waals surface area (Å²) in [7, 11) is 0. The van der Waals surface area contributed by atoms with Crippen molar-refractivity contribution >= 4 is 11.8 Å². The zero-order valence-corrected chi connectivity index (χ0v) is 11.5. The fraction of sp³-hybridized carbons (Fsp3) is 0.294.